The highest BCUT2D eigenvalue weighted by Crippen LogP contribution is 2.48. The van der Waals surface area contributed by atoms with Gasteiger partial charge in [-0.3, -0.25) is 33.7 Å². The average Bonchev–Trinajstić information content (AvgIpc) is 1.79. The molecule has 2 aliphatic heterocycles. The molecule has 0 bridgehead atoms. The normalized spacial score (nSPS) is 13.8. The van der Waals surface area contributed by atoms with Gasteiger partial charge in [0.25, 0.3) is 17.7 Å². The number of methoxy groups -OCH3 is 1. The molecule has 0 aliphatic carbocycles. The van der Waals surface area contributed by atoms with Gasteiger partial charge in [0, 0.05) is 125 Å². The Morgan fingerprint density at radius 2 is 1.58 bits per heavy atom. The number of nitrogens with one attached hydrogen (secondary N) is 6. The van der Waals surface area contributed by atoms with Gasteiger partial charge in [-0.05, 0) is 87.8 Å². The lowest BCUT2D eigenvalue weighted by Crippen LogP contribution is -2.47. The van der Waals surface area contributed by atoms with Gasteiger partial charge in [-0.25, -0.2) is 19.2 Å². The van der Waals surface area contributed by atoms with Crippen molar-refractivity contribution in [3.05, 3.63) is 94.9 Å². The zero-order chi connectivity index (χ0) is 62.2. The molecule has 86 heavy (non-hydrogen) atoms. The standard InChI is InChI=1S/C58H71ClN12O15/c1-34-49(55(78)82-6)51-50-37(30-59)32-71(54(77)44-28-36-27-39(15-16-42(36)85-44)83-26-25-67(2)3)41(50)29-43(52(51)64-34)86-58(81)69(5)24-23-68(4)57(80)84-33-35-11-13-38(14-12-35)65-53(76)40(9-7-19-63-56(60)79)66-46(73)31-61-20-21-62-45(72)10-8-22-70-47(74)17-18-48(70)75/h11-18,27-29,37,40,61,64H,7-10,19-26,30-33H2,1-6H3,(H,62,72)(H,65,76)(H,66,73)(H3,60,63,79)/t37-,40?/m1/s1. The van der Waals surface area contributed by atoms with Gasteiger partial charge < -0.3 is 80.3 Å². The highest BCUT2D eigenvalue weighted by molar-refractivity contribution is 6.20. The Labute approximate surface area is 500 Å². The first-order chi connectivity index (χ1) is 41.1. The maximum Gasteiger partial charge on any atom is 0.415 e. The average molecular weight is 1210 g/mol. The molecular formula is C58H71ClN12O15. The Morgan fingerprint density at radius 3 is 2.27 bits per heavy atom. The minimum atomic E-state index is -1.02. The zero-order valence-corrected chi connectivity index (χ0v) is 49.4. The van der Waals surface area contributed by atoms with Crippen LogP contribution in [0.25, 0.3) is 21.9 Å². The van der Waals surface area contributed by atoms with E-state index in [-0.39, 0.29) is 101 Å². The summed E-state index contributed by atoms with van der Waals surface area (Å²) in [6, 6.07) is 13.1. The summed E-state index contributed by atoms with van der Waals surface area (Å²) in [6.07, 6.45) is 1.65. The molecule has 2 atom stereocenters. The van der Waals surface area contributed by atoms with Gasteiger partial charge in [0.15, 0.2) is 11.5 Å². The Kier molecular flexibility index (Phi) is 22.5. The highest BCUT2D eigenvalue weighted by atomic mass is 35.5. The molecular weight excluding hydrogens is 1140 g/mol. The van der Waals surface area contributed by atoms with Crippen LogP contribution in [0.1, 0.15) is 69.3 Å². The lowest BCUT2D eigenvalue weighted by molar-refractivity contribution is -0.137. The number of benzene rings is 3. The molecule has 1 unspecified atom stereocenters. The van der Waals surface area contributed by atoms with Crippen LogP contribution >= 0.6 is 11.6 Å². The number of anilines is 2. The van der Waals surface area contributed by atoms with E-state index in [2.05, 4.69) is 31.6 Å². The fraction of sp³-hybridized carbons (Fsp3) is 0.414. The molecule has 0 saturated carbocycles. The van der Waals surface area contributed by atoms with E-state index in [4.69, 9.17) is 40.7 Å². The zero-order valence-electron chi connectivity index (χ0n) is 48.6. The van der Waals surface area contributed by atoms with Gasteiger partial charge in [-0.2, -0.15) is 0 Å². The van der Waals surface area contributed by atoms with Crippen molar-refractivity contribution in [1.29, 1.82) is 0 Å². The van der Waals surface area contributed by atoms with Crippen LogP contribution in [-0.2, 0) is 40.1 Å². The van der Waals surface area contributed by atoms with E-state index in [0.717, 1.165) is 4.90 Å². The fourth-order valence-corrected chi connectivity index (χ4v) is 9.72. The Hall–Kier alpha value is -9.21. The number of nitrogens with two attached hydrogens (primary N) is 1. The maximum atomic E-state index is 14.4. The number of aryl methyl sites for hydroxylation is 1. The van der Waals surface area contributed by atoms with Crippen molar-refractivity contribution in [2.75, 3.05) is 117 Å². The second-order valence-corrected chi connectivity index (χ2v) is 21.0. The van der Waals surface area contributed by atoms with Gasteiger partial charge in [-0.1, -0.05) is 12.1 Å². The molecule has 10 amide bonds. The van der Waals surface area contributed by atoms with Crippen molar-refractivity contribution in [1.82, 2.24) is 45.9 Å². The molecule has 0 spiro atoms. The number of ether oxygens (including phenoxy) is 4. The summed E-state index contributed by atoms with van der Waals surface area (Å²) < 4.78 is 28.7. The van der Waals surface area contributed by atoms with Crippen molar-refractivity contribution in [2.24, 2.45) is 5.73 Å². The van der Waals surface area contributed by atoms with Gasteiger partial charge in [-0.15, -0.1) is 11.6 Å². The summed E-state index contributed by atoms with van der Waals surface area (Å²) in [5.41, 5.74) is 8.44. The second-order valence-electron chi connectivity index (χ2n) is 20.7. The number of primary amides is 1. The Bertz CT molecular complexity index is 3360. The quantitative estimate of drug-likeness (QED) is 0.0154. The number of likely N-dealkylation sites (N-methyl/N-ethyl adjacent to an activating group) is 3. The molecule has 8 N–H and O–H groups in total. The molecule has 460 valence electrons. The van der Waals surface area contributed by atoms with Gasteiger partial charge >= 0.3 is 24.2 Å². The van der Waals surface area contributed by atoms with Gasteiger partial charge in [0.05, 0.1) is 30.4 Å². The topological polar surface area (TPSA) is 339 Å². The Balaban J connectivity index is 0.904. The fourth-order valence-electron chi connectivity index (χ4n) is 9.46. The van der Waals surface area contributed by atoms with Crippen LogP contribution in [0.3, 0.4) is 0 Å². The van der Waals surface area contributed by atoms with Gasteiger partial charge in [0.1, 0.15) is 30.6 Å². The van der Waals surface area contributed by atoms with Crippen LogP contribution in [0.4, 0.5) is 25.8 Å². The SMILES string of the molecule is COC(=O)c1c(C)[nH]c2c(OC(=O)N(C)CCN(C)C(=O)OCc3ccc(NC(=O)C(CCCNC(N)=O)NC(=O)CNCCNC(=O)CCCN4C(=O)C=CC4=O)cc3)cc3c(c12)[C@H](CCl)CN3C(=O)c1cc2cc(OCCN(C)C)ccc2o1. The molecule has 5 aromatic rings. The van der Waals surface area contributed by atoms with Crippen molar-refractivity contribution >= 4 is 104 Å². The van der Waals surface area contributed by atoms with Crippen LogP contribution in [0.5, 0.6) is 11.5 Å². The minimum Gasteiger partial charge on any atom is -0.492 e. The number of nitrogens with zero attached hydrogens (tertiary/aromatic N) is 5. The predicted molar refractivity (Wildman–Crippen MR) is 316 cm³/mol. The minimum absolute atomic E-state index is 0.00711. The molecule has 2 aliphatic rings. The predicted octanol–water partition coefficient (Wildman–Crippen LogP) is 3.91. The highest BCUT2D eigenvalue weighted by Gasteiger charge is 2.39. The van der Waals surface area contributed by atoms with Crippen molar-refractivity contribution in [2.45, 2.75) is 51.2 Å². The maximum absolute atomic E-state index is 14.4. The number of alkyl halides is 1. The largest absolute Gasteiger partial charge is 0.492 e. The van der Waals surface area contributed by atoms with E-state index in [1.807, 2.05) is 19.0 Å². The summed E-state index contributed by atoms with van der Waals surface area (Å²) in [6.45, 7) is 3.32. The molecule has 4 heterocycles. The smallest absolute Gasteiger partial charge is 0.415 e. The number of carbonyl (C=O) groups is 10. The lowest BCUT2D eigenvalue weighted by atomic mass is 9.95. The molecule has 28 heteroatoms. The number of fused-ring (bicyclic) bond motifs is 4. The van der Waals surface area contributed by atoms with Crippen LogP contribution < -0.4 is 46.7 Å². The number of amides is 10. The van der Waals surface area contributed by atoms with E-state index >= 15 is 0 Å². The number of esters is 1. The number of rotatable bonds is 29. The number of urea groups is 1. The third-order valence-corrected chi connectivity index (χ3v) is 14.4. The van der Waals surface area contributed by atoms with Gasteiger partial charge in [0.2, 0.25) is 17.7 Å². The number of hydrogen-bond acceptors (Lipinski definition) is 17. The van der Waals surface area contributed by atoms with Crippen LogP contribution in [0.2, 0.25) is 0 Å². The lowest BCUT2D eigenvalue weighted by Gasteiger charge is -2.22. The third kappa shape index (κ3) is 16.8. The molecule has 0 fully saturated rings. The number of hydrogen-bond donors (Lipinski definition) is 7. The van der Waals surface area contributed by atoms with Crippen LogP contribution in [0.15, 0.2) is 71.2 Å². The molecule has 0 radical (unpaired) electrons. The van der Waals surface area contributed by atoms with Crippen molar-refractivity contribution in [3.8, 4) is 11.5 Å². The third-order valence-electron chi connectivity index (χ3n) is 14.1. The summed E-state index contributed by atoms with van der Waals surface area (Å²) in [4.78, 5) is 138. The first-order valence-electron chi connectivity index (χ1n) is 27.7. The van der Waals surface area contributed by atoms with E-state index in [9.17, 15) is 47.9 Å². The number of aromatic amines is 1. The van der Waals surface area contributed by atoms with Crippen molar-refractivity contribution in [3.63, 3.8) is 0 Å². The van der Waals surface area contributed by atoms with Crippen LogP contribution in [-0.4, -0.2) is 197 Å². The van der Waals surface area contributed by atoms with Crippen LogP contribution in [0, 0.1) is 6.92 Å². The number of halogens is 1. The number of aromatic nitrogens is 1. The number of imide groups is 1. The monoisotopic (exact) mass is 1210 g/mol. The summed E-state index contributed by atoms with van der Waals surface area (Å²) >= 11 is 6.58. The van der Waals surface area contributed by atoms with E-state index < -0.39 is 65.7 Å². The molecule has 0 saturated heterocycles. The van der Waals surface area contributed by atoms with E-state index in [1.54, 1.807) is 61.5 Å². The number of furan rings is 1. The van der Waals surface area contributed by atoms with E-state index in [0.29, 0.717) is 81.8 Å². The summed E-state index contributed by atoms with van der Waals surface area (Å²) in [7, 11) is 8.11. The molecule has 2 aromatic heterocycles. The Morgan fingerprint density at radius 1 is 0.860 bits per heavy atom. The summed E-state index contributed by atoms with van der Waals surface area (Å²) in [5, 5.41) is 14.5. The first-order valence-corrected chi connectivity index (χ1v) is 28.2. The molecule has 3 aromatic carbocycles. The first kappa shape index (κ1) is 64.4. The molecule has 27 nitrogen and oxygen atoms in total. The second kappa shape index (κ2) is 30.0. The molecule has 7 rings (SSSR count). The van der Waals surface area contributed by atoms with Crippen molar-refractivity contribution < 1.29 is 71.3 Å². The number of H-pyrrole nitrogens is 1. The summed E-state index contributed by atoms with van der Waals surface area (Å²) in [5.74, 6) is -3.04. The number of carbonyl (C=O) groups excluding carboxylic acids is 10. The van der Waals surface area contributed by atoms with E-state index in [1.165, 1.54) is 48.1 Å².